The fraction of sp³-hybridized carbons (Fsp3) is 0.185. The highest BCUT2D eigenvalue weighted by Crippen LogP contribution is 2.42. The Hall–Kier alpha value is -3.86. The van der Waals surface area contributed by atoms with Gasteiger partial charge in [0.05, 0.1) is 17.7 Å². The highest BCUT2D eigenvalue weighted by atomic mass is 16.5. The summed E-state index contributed by atoms with van der Waals surface area (Å²) in [5.74, 6) is -0.862. The number of ether oxygens (including phenoxy) is 1. The van der Waals surface area contributed by atoms with Crippen molar-refractivity contribution in [3.63, 3.8) is 0 Å². The number of hydrogen-bond acceptors (Lipinski definition) is 4. The van der Waals surface area contributed by atoms with Crippen molar-refractivity contribution >= 4 is 23.1 Å². The number of ketones is 1. The van der Waals surface area contributed by atoms with Gasteiger partial charge in [-0.3, -0.25) is 14.5 Å². The maximum absolute atomic E-state index is 13.2. The third-order valence-corrected chi connectivity index (χ3v) is 5.41. The summed E-state index contributed by atoms with van der Waals surface area (Å²) < 4.78 is 5.78. The smallest absolute Gasteiger partial charge is 0.300 e. The summed E-state index contributed by atoms with van der Waals surface area (Å²) in [6.45, 7) is 5.77. The monoisotopic (exact) mass is 427 g/mol. The molecular formula is C27H25NO4. The minimum absolute atomic E-state index is 0.0161. The fourth-order valence-electron chi connectivity index (χ4n) is 3.98. The molecule has 0 saturated carbocycles. The maximum atomic E-state index is 13.2. The molecule has 0 bridgehead atoms. The average Bonchev–Trinajstić information content (AvgIpc) is 3.06. The van der Waals surface area contributed by atoms with E-state index in [0.717, 1.165) is 11.1 Å². The minimum Gasteiger partial charge on any atom is -0.507 e. The molecule has 1 unspecified atom stereocenters. The van der Waals surface area contributed by atoms with Crippen LogP contribution in [0.3, 0.4) is 0 Å². The van der Waals surface area contributed by atoms with Crippen LogP contribution >= 0.6 is 0 Å². The molecule has 1 heterocycles. The molecule has 1 aliphatic heterocycles. The second-order valence-electron chi connectivity index (χ2n) is 8.06. The van der Waals surface area contributed by atoms with E-state index in [1.165, 1.54) is 4.90 Å². The molecule has 1 N–H and O–H groups in total. The van der Waals surface area contributed by atoms with Crippen molar-refractivity contribution in [2.75, 3.05) is 4.90 Å². The van der Waals surface area contributed by atoms with Crippen LogP contribution in [0.15, 0.2) is 84.4 Å². The van der Waals surface area contributed by atoms with Gasteiger partial charge in [-0.05, 0) is 62.2 Å². The van der Waals surface area contributed by atoms with Crippen molar-refractivity contribution in [1.29, 1.82) is 0 Å². The summed E-state index contributed by atoms with van der Waals surface area (Å²) in [6, 6.07) is 22.8. The van der Waals surface area contributed by atoms with Crippen LogP contribution in [0.5, 0.6) is 5.75 Å². The molecular weight excluding hydrogens is 402 g/mol. The van der Waals surface area contributed by atoms with Crippen LogP contribution in [0.2, 0.25) is 0 Å². The van der Waals surface area contributed by atoms with Crippen molar-refractivity contribution in [1.82, 2.24) is 0 Å². The van der Waals surface area contributed by atoms with Gasteiger partial charge in [-0.2, -0.15) is 0 Å². The predicted octanol–water partition coefficient (Wildman–Crippen LogP) is 5.41. The number of aryl methyl sites for hydroxylation is 1. The standard InChI is InChI=1S/C27H25NO4/c1-17(2)32-22-15-14-20(16-18(22)3)25(29)23-24(19-10-6-4-7-11-19)28(27(31)26(23)30)21-12-8-5-9-13-21/h4-17,24,29H,1-3H3/b25-23-. The van der Waals surface area contributed by atoms with Crippen molar-refractivity contribution in [2.45, 2.75) is 32.9 Å². The second-order valence-corrected chi connectivity index (χ2v) is 8.06. The lowest BCUT2D eigenvalue weighted by molar-refractivity contribution is -0.132. The zero-order valence-corrected chi connectivity index (χ0v) is 18.3. The van der Waals surface area contributed by atoms with Crippen LogP contribution in [0.4, 0.5) is 5.69 Å². The van der Waals surface area contributed by atoms with E-state index in [4.69, 9.17) is 4.74 Å². The third-order valence-electron chi connectivity index (χ3n) is 5.41. The van der Waals surface area contributed by atoms with Crippen LogP contribution < -0.4 is 9.64 Å². The Kier molecular flexibility index (Phi) is 5.82. The lowest BCUT2D eigenvalue weighted by atomic mass is 9.94. The largest absolute Gasteiger partial charge is 0.507 e. The van der Waals surface area contributed by atoms with Gasteiger partial charge < -0.3 is 9.84 Å². The van der Waals surface area contributed by atoms with Crippen molar-refractivity contribution in [3.05, 3.63) is 101 Å². The topological polar surface area (TPSA) is 66.8 Å². The van der Waals surface area contributed by atoms with Crippen LogP contribution in [-0.4, -0.2) is 22.9 Å². The minimum atomic E-state index is -0.731. The summed E-state index contributed by atoms with van der Waals surface area (Å²) in [4.78, 5) is 27.7. The molecule has 3 aromatic carbocycles. The molecule has 162 valence electrons. The number of para-hydroxylation sites is 1. The summed E-state index contributed by atoms with van der Waals surface area (Å²) in [5.41, 5.74) is 2.71. The van der Waals surface area contributed by atoms with Gasteiger partial charge in [-0.1, -0.05) is 48.5 Å². The molecule has 0 aliphatic carbocycles. The highest BCUT2D eigenvalue weighted by Gasteiger charge is 2.46. The molecule has 1 fully saturated rings. The van der Waals surface area contributed by atoms with Gasteiger partial charge in [0.15, 0.2) is 0 Å². The predicted molar refractivity (Wildman–Crippen MR) is 125 cm³/mol. The summed E-state index contributed by atoms with van der Waals surface area (Å²) in [5, 5.41) is 11.2. The van der Waals surface area contributed by atoms with Gasteiger partial charge in [-0.25, -0.2) is 0 Å². The lowest BCUT2D eigenvalue weighted by Gasteiger charge is -2.25. The first kappa shape index (κ1) is 21.4. The van der Waals surface area contributed by atoms with Gasteiger partial charge in [0.1, 0.15) is 11.5 Å². The number of carbonyl (C=O) groups is 2. The average molecular weight is 428 g/mol. The van der Waals surface area contributed by atoms with Gasteiger partial charge >= 0.3 is 0 Å². The summed E-state index contributed by atoms with van der Waals surface area (Å²) in [7, 11) is 0. The highest BCUT2D eigenvalue weighted by molar-refractivity contribution is 6.51. The van der Waals surface area contributed by atoms with Crippen molar-refractivity contribution < 1.29 is 19.4 Å². The number of aliphatic hydroxyl groups excluding tert-OH is 1. The Labute approximate surface area is 187 Å². The second kappa shape index (κ2) is 8.71. The molecule has 0 radical (unpaired) electrons. The van der Waals surface area contributed by atoms with Crippen LogP contribution in [0.1, 0.15) is 36.6 Å². The summed E-state index contributed by atoms with van der Waals surface area (Å²) in [6.07, 6.45) is 0.0161. The first-order valence-corrected chi connectivity index (χ1v) is 10.6. The number of rotatable bonds is 5. The number of hydrogen-bond donors (Lipinski definition) is 1. The molecule has 32 heavy (non-hydrogen) atoms. The first-order valence-electron chi connectivity index (χ1n) is 10.6. The number of anilines is 1. The van der Waals surface area contributed by atoms with E-state index in [1.54, 1.807) is 30.3 Å². The number of Topliss-reactive ketones (excluding diaryl/α,β-unsaturated/α-hetero) is 1. The fourth-order valence-corrected chi connectivity index (χ4v) is 3.98. The molecule has 3 aromatic rings. The number of carbonyl (C=O) groups excluding carboxylic acids is 2. The molecule has 1 aliphatic rings. The Morgan fingerprint density at radius 2 is 1.56 bits per heavy atom. The Bertz CT molecular complexity index is 1180. The van der Waals surface area contributed by atoms with Gasteiger partial charge in [0, 0.05) is 11.3 Å². The molecule has 0 spiro atoms. The normalized spacial score (nSPS) is 17.8. The van der Waals surface area contributed by atoms with Crippen molar-refractivity contribution in [2.24, 2.45) is 0 Å². The Balaban J connectivity index is 1.87. The molecule has 1 amide bonds. The van der Waals surface area contributed by atoms with Crippen LogP contribution in [0.25, 0.3) is 5.76 Å². The molecule has 0 aromatic heterocycles. The van der Waals surface area contributed by atoms with E-state index in [-0.39, 0.29) is 17.4 Å². The number of amides is 1. The SMILES string of the molecule is Cc1cc(/C(O)=C2/C(=O)C(=O)N(c3ccccc3)C2c2ccccc2)ccc1OC(C)C. The van der Waals surface area contributed by atoms with Gasteiger partial charge in [0.2, 0.25) is 0 Å². The molecule has 1 saturated heterocycles. The summed E-state index contributed by atoms with van der Waals surface area (Å²) >= 11 is 0. The Morgan fingerprint density at radius 3 is 2.16 bits per heavy atom. The van der Waals surface area contributed by atoms with E-state index in [9.17, 15) is 14.7 Å². The number of aliphatic hydroxyl groups is 1. The quantitative estimate of drug-likeness (QED) is 0.336. The number of benzene rings is 3. The van der Waals surface area contributed by atoms with Gasteiger partial charge in [-0.15, -0.1) is 0 Å². The zero-order valence-electron chi connectivity index (χ0n) is 18.3. The maximum Gasteiger partial charge on any atom is 0.300 e. The molecule has 5 heteroatoms. The molecule has 1 atom stereocenters. The first-order chi connectivity index (χ1) is 15.4. The van der Waals surface area contributed by atoms with E-state index in [2.05, 4.69) is 0 Å². The van der Waals surface area contributed by atoms with Crippen LogP contribution in [-0.2, 0) is 9.59 Å². The third kappa shape index (κ3) is 3.89. The zero-order chi connectivity index (χ0) is 22.8. The van der Waals surface area contributed by atoms with Crippen LogP contribution in [0, 0.1) is 6.92 Å². The molecule has 5 nitrogen and oxygen atoms in total. The van der Waals surface area contributed by atoms with E-state index in [1.807, 2.05) is 69.3 Å². The lowest BCUT2D eigenvalue weighted by Crippen LogP contribution is -2.29. The van der Waals surface area contributed by atoms with E-state index >= 15 is 0 Å². The van der Waals surface area contributed by atoms with E-state index in [0.29, 0.717) is 17.0 Å². The molecule has 4 rings (SSSR count). The Morgan fingerprint density at radius 1 is 0.938 bits per heavy atom. The van der Waals surface area contributed by atoms with E-state index < -0.39 is 17.7 Å². The van der Waals surface area contributed by atoms with Gasteiger partial charge in [0.25, 0.3) is 11.7 Å². The number of nitrogens with zero attached hydrogens (tertiary/aromatic N) is 1. The van der Waals surface area contributed by atoms with Crippen molar-refractivity contribution in [3.8, 4) is 5.75 Å².